The quantitative estimate of drug-likeness (QED) is 0.872. The molecule has 0 saturated carbocycles. The normalized spacial score (nSPS) is 19.0. The van der Waals surface area contributed by atoms with Crippen molar-refractivity contribution in [3.63, 3.8) is 0 Å². The summed E-state index contributed by atoms with van der Waals surface area (Å²) in [7, 11) is 0. The molecule has 0 unspecified atom stereocenters. The molecule has 0 bridgehead atoms. The highest BCUT2D eigenvalue weighted by molar-refractivity contribution is 5.99. The first-order valence-corrected chi connectivity index (χ1v) is 8.45. The minimum absolute atomic E-state index is 0.140. The van der Waals surface area contributed by atoms with Crippen molar-refractivity contribution in [3.8, 4) is 5.75 Å². The van der Waals surface area contributed by atoms with E-state index in [9.17, 15) is 14.7 Å². The van der Waals surface area contributed by atoms with Crippen LogP contribution in [0.2, 0.25) is 0 Å². The lowest BCUT2D eigenvalue weighted by atomic mass is 10.0. The van der Waals surface area contributed by atoms with Crippen LogP contribution < -0.4 is 9.64 Å². The van der Waals surface area contributed by atoms with Gasteiger partial charge in [-0.1, -0.05) is 12.1 Å². The molecule has 8 nitrogen and oxygen atoms in total. The predicted octanol–water partition coefficient (Wildman–Crippen LogP) is 0.827. The molecule has 3 heterocycles. The van der Waals surface area contributed by atoms with Crippen LogP contribution in [0.3, 0.4) is 0 Å². The SMILES string of the molecule is O=C(O)[C@H]1CN(c2ncccn2)CCN1C(=O)c1cccc2c1OCC2. The van der Waals surface area contributed by atoms with E-state index in [1.165, 1.54) is 4.90 Å². The zero-order chi connectivity index (χ0) is 18.1. The summed E-state index contributed by atoms with van der Waals surface area (Å²) in [4.78, 5) is 36.4. The topological polar surface area (TPSA) is 95.9 Å². The molecule has 2 aliphatic heterocycles. The number of carboxylic acid groups (broad SMARTS) is 1. The van der Waals surface area contributed by atoms with Crippen LogP contribution in [-0.2, 0) is 11.2 Å². The summed E-state index contributed by atoms with van der Waals surface area (Å²) in [6, 6.07) is 6.16. The Bertz CT molecular complexity index is 842. The first kappa shape index (κ1) is 16.3. The minimum atomic E-state index is -1.05. The highest BCUT2D eigenvalue weighted by Gasteiger charge is 2.38. The highest BCUT2D eigenvalue weighted by Crippen LogP contribution is 2.31. The Kier molecular flexibility index (Phi) is 4.16. The number of rotatable bonds is 3. The highest BCUT2D eigenvalue weighted by atomic mass is 16.5. The number of aromatic nitrogens is 2. The molecule has 1 atom stereocenters. The lowest BCUT2D eigenvalue weighted by Gasteiger charge is -2.39. The van der Waals surface area contributed by atoms with Crippen LogP contribution in [-0.4, -0.2) is 64.1 Å². The molecule has 1 aromatic heterocycles. The Morgan fingerprint density at radius 3 is 2.73 bits per heavy atom. The maximum atomic E-state index is 13.1. The number of nitrogens with zero attached hydrogens (tertiary/aromatic N) is 4. The van der Waals surface area contributed by atoms with Gasteiger partial charge in [-0.05, 0) is 17.7 Å². The van der Waals surface area contributed by atoms with Gasteiger partial charge in [-0.3, -0.25) is 4.79 Å². The van der Waals surface area contributed by atoms with E-state index in [0.717, 1.165) is 12.0 Å². The Hall–Kier alpha value is -3.16. The molecule has 8 heteroatoms. The largest absolute Gasteiger partial charge is 0.492 e. The summed E-state index contributed by atoms with van der Waals surface area (Å²) in [5.74, 6) is -0.317. The number of benzene rings is 1. The van der Waals surface area contributed by atoms with Crippen molar-refractivity contribution in [3.05, 3.63) is 47.8 Å². The molecule has 2 aliphatic rings. The van der Waals surface area contributed by atoms with Crippen molar-refractivity contribution in [2.75, 3.05) is 31.1 Å². The molecule has 134 valence electrons. The Balaban J connectivity index is 1.60. The molecule has 26 heavy (non-hydrogen) atoms. The molecule has 1 fully saturated rings. The van der Waals surface area contributed by atoms with Gasteiger partial charge in [-0.25, -0.2) is 14.8 Å². The van der Waals surface area contributed by atoms with Gasteiger partial charge in [-0.2, -0.15) is 0 Å². The first-order chi connectivity index (χ1) is 12.6. The zero-order valence-corrected chi connectivity index (χ0v) is 14.0. The zero-order valence-electron chi connectivity index (χ0n) is 14.0. The number of hydrogen-bond acceptors (Lipinski definition) is 6. The van der Waals surface area contributed by atoms with Crippen LogP contribution >= 0.6 is 0 Å². The maximum absolute atomic E-state index is 13.1. The fraction of sp³-hybridized carbons (Fsp3) is 0.333. The van der Waals surface area contributed by atoms with Gasteiger partial charge in [0.05, 0.1) is 18.7 Å². The van der Waals surface area contributed by atoms with Gasteiger partial charge in [0.25, 0.3) is 5.91 Å². The smallest absolute Gasteiger partial charge is 0.328 e. The number of para-hydroxylation sites is 1. The summed E-state index contributed by atoms with van der Waals surface area (Å²) < 4.78 is 5.60. The van der Waals surface area contributed by atoms with Gasteiger partial charge >= 0.3 is 5.97 Å². The molecular formula is C18H18N4O4. The number of carbonyl (C=O) groups is 2. The number of carbonyl (C=O) groups excluding carboxylic acids is 1. The molecule has 1 aromatic carbocycles. The van der Waals surface area contributed by atoms with E-state index in [1.54, 1.807) is 29.4 Å². The van der Waals surface area contributed by atoms with Crippen molar-refractivity contribution in [2.24, 2.45) is 0 Å². The van der Waals surface area contributed by atoms with E-state index in [1.807, 2.05) is 12.1 Å². The lowest BCUT2D eigenvalue weighted by Crippen LogP contribution is -2.58. The van der Waals surface area contributed by atoms with Crippen LogP contribution in [0.25, 0.3) is 0 Å². The van der Waals surface area contributed by atoms with Crippen molar-refractivity contribution in [2.45, 2.75) is 12.5 Å². The molecule has 1 amide bonds. The number of amides is 1. The lowest BCUT2D eigenvalue weighted by molar-refractivity contribution is -0.142. The van der Waals surface area contributed by atoms with Crippen LogP contribution in [0.5, 0.6) is 5.75 Å². The number of piperazine rings is 1. The second-order valence-electron chi connectivity index (χ2n) is 6.24. The van der Waals surface area contributed by atoms with Crippen LogP contribution in [0.4, 0.5) is 5.95 Å². The molecule has 4 rings (SSSR count). The predicted molar refractivity (Wildman–Crippen MR) is 92.3 cm³/mol. The van der Waals surface area contributed by atoms with Crippen LogP contribution in [0.1, 0.15) is 15.9 Å². The second kappa shape index (κ2) is 6.62. The summed E-state index contributed by atoms with van der Waals surface area (Å²) >= 11 is 0. The summed E-state index contributed by atoms with van der Waals surface area (Å²) in [5, 5.41) is 9.67. The third-order valence-electron chi connectivity index (χ3n) is 4.71. The summed E-state index contributed by atoms with van der Waals surface area (Å²) in [6.45, 7) is 1.43. The van der Waals surface area contributed by atoms with Gasteiger partial charge in [-0.15, -0.1) is 0 Å². The fourth-order valence-corrected chi connectivity index (χ4v) is 3.41. The van der Waals surface area contributed by atoms with Crippen LogP contribution in [0.15, 0.2) is 36.7 Å². The molecule has 1 saturated heterocycles. The van der Waals surface area contributed by atoms with Gasteiger partial charge in [0.2, 0.25) is 5.95 Å². The van der Waals surface area contributed by atoms with E-state index in [2.05, 4.69) is 9.97 Å². The van der Waals surface area contributed by atoms with Crippen molar-refractivity contribution >= 4 is 17.8 Å². The monoisotopic (exact) mass is 354 g/mol. The minimum Gasteiger partial charge on any atom is -0.492 e. The van der Waals surface area contributed by atoms with Crippen molar-refractivity contribution in [1.29, 1.82) is 0 Å². The van der Waals surface area contributed by atoms with Crippen LogP contribution in [0, 0.1) is 0 Å². The number of ether oxygens (including phenoxy) is 1. The molecule has 0 aliphatic carbocycles. The van der Waals surface area contributed by atoms with E-state index in [4.69, 9.17) is 4.74 Å². The molecule has 0 radical (unpaired) electrons. The Morgan fingerprint density at radius 2 is 1.96 bits per heavy atom. The Morgan fingerprint density at radius 1 is 1.15 bits per heavy atom. The molecule has 2 aromatic rings. The van der Waals surface area contributed by atoms with E-state index >= 15 is 0 Å². The molecule has 0 spiro atoms. The van der Waals surface area contributed by atoms with Gasteiger partial charge in [0.15, 0.2) is 0 Å². The second-order valence-corrected chi connectivity index (χ2v) is 6.24. The molecular weight excluding hydrogens is 336 g/mol. The fourth-order valence-electron chi connectivity index (χ4n) is 3.41. The third kappa shape index (κ3) is 2.83. The average molecular weight is 354 g/mol. The summed E-state index contributed by atoms with van der Waals surface area (Å²) in [5.41, 5.74) is 1.41. The number of hydrogen-bond donors (Lipinski definition) is 1. The summed E-state index contributed by atoms with van der Waals surface area (Å²) in [6.07, 6.45) is 3.98. The average Bonchev–Trinajstić information content (AvgIpc) is 3.16. The standard InChI is InChI=1S/C18H18N4O4/c23-16(13-4-1-3-12-5-10-26-15(12)13)22-9-8-21(11-14(22)17(24)25)18-19-6-2-7-20-18/h1-4,6-7,14H,5,8-11H2,(H,24,25)/t14-/m1/s1. The Labute approximate surface area is 150 Å². The molecule has 1 N–H and O–H groups in total. The van der Waals surface area contributed by atoms with Gasteiger partial charge < -0.3 is 19.6 Å². The van der Waals surface area contributed by atoms with Gasteiger partial charge in [0, 0.05) is 31.9 Å². The van der Waals surface area contributed by atoms with E-state index in [-0.39, 0.29) is 19.0 Å². The van der Waals surface area contributed by atoms with Crippen molar-refractivity contribution < 1.29 is 19.4 Å². The number of anilines is 1. The first-order valence-electron chi connectivity index (χ1n) is 8.45. The van der Waals surface area contributed by atoms with Crippen molar-refractivity contribution in [1.82, 2.24) is 14.9 Å². The maximum Gasteiger partial charge on any atom is 0.328 e. The number of carboxylic acids is 1. The number of aliphatic carboxylic acids is 1. The van der Waals surface area contributed by atoms with Gasteiger partial charge in [0.1, 0.15) is 11.8 Å². The van der Waals surface area contributed by atoms with E-state index < -0.39 is 12.0 Å². The van der Waals surface area contributed by atoms with E-state index in [0.29, 0.717) is 30.4 Å². The third-order valence-corrected chi connectivity index (χ3v) is 4.71. The number of fused-ring (bicyclic) bond motifs is 1.